The van der Waals surface area contributed by atoms with Gasteiger partial charge in [-0.05, 0) is 32.0 Å². The number of nitrogens with one attached hydrogen (secondary N) is 2. The predicted molar refractivity (Wildman–Crippen MR) is 118 cm³/mol. The van der Waals surface area contributed by atoms with Crippen LogP contribution in [-0.2, 0) is 16.6 Å². The maximum atomic E-state index is 12.5. The maximum absolute atomic E-state index is 12.5. The van der Waals surface area contributed by atoms with Crippen molar-refractivity contribution in [1.29, 1.82) is 0 Å². The third kappa shape index (κ3) is 5.04. The standard InChI is InChI=1S/C20H18N6O4S2/c1-12-5-3-7-14(9-12)17-22-16(30-26-17)11-21-32(28,29)20-25-24-19(31-20)23-18(27)15-8-4-6-13(2)10-15/h3-10,21H,11H2,1-2H3,(H,23,24,27). The maximum Gasteiger partial charge on any atom is 0.270 e. The van der Waals surface area contributed by atoms with E-state index in [9.17, 15) is 13.2 Å². The van der Waals surface area contributed by atoms with Crippen molar-refractivity contribution in [1.82, 2.24) is 25.1 Å². The molecule has 2 N–H and O–H groups in total. The minimum atomic E-state index is -3.99. The van der Waals surface area contributed by atoms with Gasteiger partial charge < -0.3 is 4.52 Å². The summed E-state index contributed by atoms with van der Waals surface area (Å²) in [5.74, 6) is 0.0545. The first-order valence-corrected chi connectivity index (χ1v) is 11.7. The average molecular weight is 471 g/mol. The van der Waals surface area contributed by atoms with Gasteiger partial charge in [0.05, 0.1) is 6.54 Å². The summed E-state index contributed by atoms with van der Waals surface area (Å²) in [7, 11) is -3.99. The molecule has 0 saturated heterocycles. The molecule has 32 heavy (non-hydrogen) atoms. The van der Waals surface area contributed by atoms with Crippen LogP contribution in [0.2, 0.25) is 0 Å². The van der Waals surface area contributed by atoms with Gasteiger partial charge in [-0.1, -0.05) is 58.0 Å². The Hall–Kier alpha value is -3.48. The Bertz CT molecular complexity index is 1380. The second-order valence-electron chi connectivity index (χ2n) is 6.90. The van der Waals surface area contributed by atoms with Crippen molar-refractivity contribution in [3.8, 4) is 11.4 Å². The number of carbonyl (C=O) groups excluding carboxylic acids is 1. The van der Waals surface area contributed by atoms with Crippen LogP contribution in [0, 0.1) is 13.8 Å². The summed E-state index contributed by atoms with van der Waals surface area (Å²) in [5, 5.41) is 13.9. The Balaban J connectivity index is 1.40. The summed E-state index contributed by atoms with van der Waals surface area (Å²) < 4.78 is 32.2. The molecular weight excluding hydrogens is 452 g/mol. The highest BCUT2D eigenvalue weighted by Gasteiger charge is 2.22. The number of aryl methyl sites for hydroxylation is 2. The monoisotopic (exact) mass is 470 g/mol. The van der Waals surface area contributed by atoms with Crippen molar-refractivity contribution in [3.63, 3.8) is 0 Å². The highest BCUT2D eigenvalue weighted by Crippen LogP contribution is 2.21. The molecule has 12 heteroatoms. The summed E-state index contributed by atoms with van der Waals surface area (Å²) in [6.45, 7) is 3.59. The normalized spacial score (nSPS) is 11.4. The third-order valence-electron chi connectivity index (χ3n) is 4.29. The molecule has 0 spiro atoms. The number of carbonyl (C=O) groups is 1. The molecule has 1 amide bonds. The molecule has 0 aliphatic heterocycles. The van der Waals surface area contributed by atoms with Crippen LogP contribution in [0.5, 0.6) is 0 Å². The molecule has 0 saturated carbocycles. The number of hydrogen-bond acceptors (Lipinski definition) is 9. The van der Waals surface area contributed by atoms with E-state index >= 15 is 0 Å². The Labute approximate surface area is 187 Å². The molecule has 0 atom stereocenters. The molecule has 0 unspecified atom stereocenters. The first kappa shape index (κ1) is 21.7. The highest BCUT2D eigenvalue weighted by atomic mass is 32.2. The van der Waals surface area contributed by atoms with Crippen LogP contribution in [0.15, 0.2) is 57.4 Å². The Morgan fingerprint density at radius 3 is 2.56 bits per heavy atom. The third-order valence-corrected chi connectivity index (χ3v) is 6.90. The van der Waals surface area contributed by atoms with E-state index in [1.54, 1.807) is 18.2 Å². The fourth-order valence-electron chi connectivity index (χ4n) is 2.77. The number of aromatic nitrogens is 4. The van der Waals surface area contributed by atoms with Gasteiger partial charge in [0.2, 0.25) is 21.2 Å². The van der Waals surface area contributed by atoms with E-state index in [4.69, 9.17) is 4.52 Å². The molecule has 4 aromatic rings. The molecule has 0 aliphatic carbocycles. The van der Waals surface area contributed by atoms with Crippen LogP contribution < -0.4 is 10.0 Å². The number of nitrogens with zero attached hydrogens (tertiary/aromatic N) is 4. The lowest BCUT2D eigenvalue weighted by atomic mass is 10.1. The number of anilines is 1. The first-order valence-electron chi connectivity index (χ1n) is 9.41. The summed E-state index contributed by atoms with van der Waals surface area (Å²) in [4.78, 5) is 16.5. The van der Waals surface area contributed by atoms with Crippen molar-refractivity contribution >= 4 is 32.4 Å². The van der Waals surface area contributed by atoms with Gasteiger partial charge in [0.15, 0.2) is 0 Å². The Kier molecular flexibility index (Phi) is 6.08. The van der Waals surface area contributed by atoms with Crippen LogP contribution in [0.25, 0.3) is 11.4 Å². The lowest BCUT2D eigenvalue weighted by Gasteiger charge is -2.02. The van der Waals surface area contributed by atoms with Crippen molar-refractivity contribution in [2.24, 2.45) is 0 Å². The molecule has 2 aromatic heterocycles. The van der Waals surface area contributed by atoms with Gasteiger partial charge in [-0.15, -0.1) is 10.2 Å². The Morgan fingerprint density at radius 1 is 1.06 bits per heavy atom. The fourth-order valence-corrected chi connectivity index (χ4v) is 4.68. The second-order valence-corrected chi connectivity index (χ2v) is 9.82. The SMILES string of the molecule is Cc1cccc(C(=O)Nc2nnc(S(=O)(=O)NCc3nc(-c4cccc(C)c4)no3)s2)c1. The van der Waals surface area contributed by atoms with Crippen molar-refractivity contribution in [2.45, 2.75) is 24.7 Å². The van der Waals surface area contributed by atoms with Gasteiger partial charge in [0.25, 0.3) is 15.9 Å². The van der Waals surface area contributed by atoms with Crippen LogP contribution in [0.1, 0.15) is 27.4 Å². The van der Waals surface area contributed by atoms with Crippen molar-refractivity contribution in [2.75, 3.05) is 5.32 Å². The summed E-state index contributed by atoms with van der Waals surface area (Å²) in [6.07, 6.45) is 0. The predicted octanol–water partition coefficient (Wildman–Crippen LogP) is 2.94. The minimum Gasteiger partial charge on any atom is -0.338 e. The lowest BCUT2D eigenvalue weighted by Crippen LogP contribution is -2.23. The largest absolute Gasteiger partial charge is 0.338 e. The second kappa shape index (κ2) is 8.94. The summed E-state index contributed by atoms with van der Waals surface area (Å²) >= 11 is 0.735. The van der Waals surface area contributed by atoms with Crippen molar-refractivity contribution in [3.05, 3.63) is 71.1 Å². The zero-order valence-electron chi connectivity index (χ0n) is 17.1. The van der Waals surface area contributed by atoms with E-state index in [1.165, 1.54) is 0 Å². The minimum absolute atomic E-state index is 0.0661. The van der Waals surface area contributed by atoms with Gasteiger partial charge in [-0.25, -0.2) is 8.42 Å². The average Bonchev–Trinajstić information content (AvgIpc) is 3.43. The molecule has 0 bridgehead atoms. The van der Waals surface area contributed by atoms with Crippen LogP contribution >= 0.6 is 11.3 Å². The lowest BCUT2D eigenvalue weighted by molar-refractivity contribution is 0.102. The van der Waals surface area contributed by atoms with E-state index in [0.29, 0.717) is 11.4 Å². The summed E-state index contributed by atoms with van der Waals surface area (Å²) in [6, 6.07) is 14.5. The van der Waals surface area contributed by atoms with Crippen LogP contribution in [-0.4, -0.2) is 34.7 Å². The number of benzene rings is 2. The van der Waals surface area contributed by atoms with Gasteiger partial charge in [0, 0.05) is 11.1 Å². The van der Waals surface area contributed by atoms with E-state index < -0.39 is 15.9 Å². The topological polar surface area (TPSA) is 140 Å². The molecule has 2 heterocycles. The Morgan fingerprint density at radius 2 is 1.81 bits per heavy atom. The smallest absolute Gasteiger partial charge is 0.270 e. The van der Waals surface area contributed by atoms with E-state index in [-0.39, 0.29) is 21.9 Å². The number of amides is 1. The van der Waals surface area contributed by atoms with Crippen LogP contribution in [0.3, 0.4) is 0 Å². The van der Waals surface area contributed by atoms with E-state index in [2.05, 4.69) is 30.4 Å². The van der Waals surface area contributed by atoms with Crippen LogP contribution in [0.4, 0.5) is 5.13 Å². The van der Waals surface area contributed by atoms with Gasteiger partial charge in [-0.3, -0.25) is 10.1 Å². The first-order chi connectivity index (χ1) is 15.3. The molecule has 4 rings (SSSR count). The molecule has 0 fully saturated rings. The zero-order chi connectivity index (χ0) is 22.7. The zero-order valence-corrected chi connectivity index (χ0v) is 18.7. The molecule has 10 nitrogen and oxygen atoms in total. The molecule has 2 aromatic carbocycles. The number of hydrogen-bond donors (Lipinski definition) is 2. The van der Waals surface area contributed by atoms with Gasteiger partial charge >= 0.3 is 0 Å². The summed E-state index contributed by atoms with van der Waals surface area (Å²) in [5.41, 5.74) is 3.16. The van der Waals surface area contributed by atoms with E-state index in [1.807, 2.05) is 44.2 Å². The highest BCUT2D eigenvalue weighted by molar-refractivity contribution is 7.91. The number of rotatable bonds is 7. The van der Waals surface area contributed by atoms with Gasteiger partial charge in [-0.2, -0.15) is 9.71 Å². The molecule has 0 radical (unpaired) electrons. The fraction of sp³-hybridized carbons (Fsp3) is 0.150. The molecular formula is C20H18N6O4S2. The molecule has 0 aliphatic rings. The van der Waals surface area contributed by atoms with Gasteiger partial charge in [0.1, 0.15) is 0 Å². The molecule has 164 valence electrons. The van der Waals surface area contributed by atoms with Crippen molar-refractivity contribution < 1.29 is 17.7 Å². The quantitative estimate of drug-likeness (QED) is 0.393. The van der Waals surface area contributed by atoms with E-state index in [0.717, 1.165) is 28.0 Å². The number of sulfonamides is 1.